The van der Waals surface area contributed by atoms with Gasteiger partial charge in [0.2, 0.25) is 5.91 Å². The second-order valence-corrected chi connectivity index (χ2v) is 5.52. The molecule has 1 aromatic heterocycles. The van der Waals surface area contributed by atoms with Gasteiger partial charge >= 0.3 is 0 Å². The summed E-state index contributed by atoms with van der Waals surface area (Å²) in [5.74, 6) is -0.368. The Labute approximate surface area is 132 Å². The van der Waals surface area contributed by atoms with Gasteiger partial charge < -0.3 is 10.3 Å². The number of benzene rings is 2. The third-order valence-corrected chi connectivity index (χ3v) is 3.72. The minimum absolute atomic E-state index is 0.0832. The lowest BCUT2D eigenvalue weighted by atomic mass is 10.1. The minimum atomic E-state index is -0.285. The van der Waals surface area contributed by atoms with Gasteiger partial charge in [-0.3, -0.25) is 4.79 Å². The number of halogens is 2. The van der Waals surface area contributed by atoms with Crippen molar-refractivity contribution in [3.63, 3.8) is 0 Å². The Hall–Kier alpha value is -2.33. The van der Waals surface area contributed by atoms with Crippen molar-refractivity contribution in [3.8, 4) is 0 Å². The highest BCUT2D eigenvalue weighted by molar-refractivity contribution is 6.31. The molecule has 0 saturated carbocycles. The molecule has 2 aromatic carbocycles. The van der Waals surface area contributed by atoms with Gasteiger partial charge in [0, 0.05) is 28.7 Å². The van der Waals surface area contributed by atoms with E-state index in [9.17, 15) is 9.18 Å². The molecule has 0 atom stereocenters. The third-order valence-electron chi connectivity index (χ3n) is 3.48. The Morgan fingerprint density at radius 1 is 1.18 bits per heavy atom. The fourth-order valence-corrected chi connectivity index (χ4v) is 2.52. The van der Waals surface area contributed by atoms with Crippen LogP contribution in [0, 0.1) is 5.82 Å². The fraction of sp³-hybridized carbons (Fsp3) is 0.118. The molecule has 3 aromatic rings. The number of rotatable bonds is 4. The summed E-state index contributed by atoms with van der Waals surface area (Å²) in [7, 11) is 0. The number of carbonyl (C=O) groups is 1. The smallest absolute Gasteiger partial charge is 0.224 e. The Morgan fingerprint density at radius 2 is 1.95 bits per heavy atom. The van der Waals surface area contributed by atoms with E-state index in [0.29, 0.717) is 11.6 Å². The third kappa shape index (κ3) is 3.28. The number of H-pyrrole nitrogens is 1. The molecule has 2 N–H and O–H groups in total. The largest absolute Gasteiger partial charge is 0.361 e. The maximum Gasteiger partial charge on any atom is 0.224 e. The van der Waals surface area contributed by atoms with Gasteiger partial charge in [0.25, 0.3) is 0 Å². The standard InChI is InChI=1S/C17H14ClFN2O/c18-13-3-6-15-12(10-20-16(15)8-13)7-17(22)21-9-11-1-4-14(19)5-2-11/h1-6,8,10,20H,7,9H2,(H,21,22). The number of aromatic amines is 1. The average molecular weight is 317 g/mol. The van der Waals surface area contributed by atoms with Gasteiger partial charge in [-0.25, -0.2) is 4.39 Å². The molecule has 0 bridgehead atoms. The first-order valence-corrected chi connectivity index (χ1v) is 7.26. The normalized spacial score (nSPS) is 10.8. The second-order valence-electron chi connectivity index (χ2n) is 5.08. The van der Waals surface area contributed by atoms with Crippen molar-refractivity contribution in [1.82, 2.24) is 10.3 Å². The molecule has 1 amide bonds. The van der Waals surface area contributed by atoms with Crippen LogP contribution in [0.25, 0.3) is 10.9 Å². The highest BCUT2D eigenvalue weighted by atomic mass is 35.5. The molecule has 22 heavy (non-hydrogen) atoms. The zero-order chi connectivity index (χ0) is 15.5. The van der Waals surface area contributed by atoms with Gasteiger partial charge in [0.15, 0.2) is 0 Å². The fourth-order valence-electron chi connectivity index (χ4n) is 2.34. The van der Waals surface area contributed by atoms with Gasteiger partial charge in [-0.05, 0) is 35.4 Å². The van der Waals surface area contributed by atoms with Crippen LogP contribution in [-0.2, 0) is 17.8 Å². The van der Waals surface area contributed by atoms with Crippen LogP contribution in [0.3, 0.4) is 0 Å². The topological polar surface area (TPSA) is 44.9 Å². The van der Waals surface area contributed by atoms with Crippen molar-refractivity contribution in [1.29, 1.82) is 0 Å². The number of hydrogen-bond acceptors (Lipinski definition) is 1. The zero-order valence-corrected chi connectivity index (χ0v) is 12.5. The van der Waals surface area contributed by atoms with Crippen LogP contribution in [0.5, 0.6) is 0 Å². The van der Waals surface area contributed by atoms with Gasteiger partial charge in [0.05, 0.1) is 6.42 Å². The number of carbonyl (C=O) groups excluding carboxylic acids is 1. The highest BCUT2D eigenvalue weighted by Gasteiger charge is 2.09. The summed E-state index contributed by atoms with van der Waals surface area (Å²) in [6.45, 7) is 0.382. The van der Waals surface area contributed by atoms with E-state index in [-0.39, 0.29) is 18.1 Å². The highest BCUT2D eigenvalue weighted by Crippen LogP contribution is 2.22. The lowest BCUT2D eigenvalue weighted by molar-refractivity contribution is -0.120. The summed E-state index contributed by atoms with van der Waals surface area (Å²) >= 11 is 5.94. The Bertz CT molecular complexity index is 811. The summed E-state index contributed by atoms with van der Waals surface area (Å²) in [6, 6.07) is 11.6. The number of aromatic nitrogens is 1. The van der Waals surface area contributed by atoms with Crippen LogP contribution < -0.4 is 5.32 Å². The molecule has 0 spiro atoms. The first kappa shape index (κ1) is 14.6. The van der Waals surface area contributed by atoms with Gasteiger partial charge in [-0.15, -0.1) is 0 Å². The lowest BCUT2D eigenvalue weighted by Crippen LogP contribution is -2.24. The number of nitrogens with one attached hydrogen (secondary N) is 2. The molecule has 3 nitrogen and oxygen atoms in total. The maximum atomic E-state index is 12.8. The van der Waals surface area contributed by atoms with Crippen molar-refractivity contribution in [2.75, 3.05) is 0 Å². The van der Waals surface area contributed by atoms with Crippen molar-refractivity contribution in [3.05, 3.63) is 70.6 Å². The summed E-state index contributed by atoms with van der Waals surface area (Å²) in [5.41, 5.74) is 2.69. The van der Waals surface area contributed by atoms with Gasteiger partial charge in [-0.1, -0.05) is 29.8 Å². The van der Waals surface area contributed by atoms with Crippen LogP contribution in [0.4, 0.5) is 4.39 Å². The van der Waals surface area contributed by atoms with E-state index >= 15 is 0 Å². The van der Waals surface area contributed by atoms with Crippen LogP contribution in [0.1, 0.15) is 11.1 Å². The van der Waals surface area contributed by atoms with Crippen LogP contribution in [-0.4, -0.2) is 10.9 Å². The molecule has 112 valence electrons. The quantitative estimate of drug-likeness (QED) is 0.755. The van der Waals surface area contributed by atoms with Crippen LogP contribution >= 0.6 is 11.6 Å². The summed E-state index contributed by atoms with van der Waals surface area (Å²) in [6.07, 6.45) is 2.10. The molecule has 0 aliphatic carbocycles. The average Bonchev–Trinajstić information content (AvgIpc) is 2.89. The molecular weight excluding hydrogens is 303 g/mol. The monoisotopic (exact) mass is 316 g/mol. The second kappa shape index (κ2) is 6.20. The Morgan fingerprint density at radius 3 is 2.73 bits per heavy atom. The summed E-state index contributed by atoms with van der Waals surface area (Å²) in [4.78, 5) is 15.1. The molecule has 1 heterocycles. The first-order valence-electron chi connectivity index (χ1n) is 6.88. The summed E-state index contributed by atoms with van der Waals surface area (Å²) < 4.78 is 12.8. The summed E-state index contributed by atoms with van der Waals surface area (Å²) in [5, 5.41) is 4.47. The van der Waals surface area contributed by atoms with E-state index in [1.54, 1.807) is 18.2 Å². The van der Waals surface area contributed by atoms with Crippen LogP contribution in [0.15, 0.2) is 48.7 Å². The van der Waals surface area contributed by atoms with E-state index in [4.69, 9.17) is 11.6 Å². The Kier molecular flexibility index (Phi) is 4.11. The van der Waals surface area contributed by atoms with E-state index in [1.165, 1.54) is 12.1 Å². The predicted molar refractivity (Wildman–Crippen MR) is 85.3 cm³/mol. The van der Waals surface area contributed by atoms with Gasteiger partial charge in [-0.2, -0.15) is 0 Å². The number of hydrogen-bond donors (Lipinski definition) is 2. The van der Waals surface area contributed by atoms with Crippen molar-refractivity contribution in [2.45, 2.75) is 13.0 Å². The molecule has 0 aliphatic heterocycles. The minimum Gasteiger partial charge on any atom is -0.361 e. The van der Waals surface area contributed by atoms with E-state index < -0.39 is 0 Å². The zero-order valence-electron chi connectivity index (χ0n) is 11.7. The molecule has 0 saturated heterocycles. The van der Waals surface area contributed by atoms with E-state index in [2.05, 4.69) is 10.3 Å². The lowest BCUT2D eigenvalue weighted by Gasteiger charge is -2.05. The van der Waals surface area contributed by atoms with E-state index in [0.717, 1.165) is 22.0 Å². The number of amides is 1. The van der Waals surface area contributed by atoms with Gasteiger partial charge in [0.1, 0.15) is 5.82 Å². The molecule has 0 fully saturated rings. The van der Waals surface area contributed by atoms with Crippen molar-refractivity contribution < 1.29 is 9.18 Å². The first-order chi connectivity index (χ1) is 10.6. The molecule has 3 rings (SSSR count). The molecule has 0 unspecified atom stereocenters. The molecular formula is C17H14ClFN2O. The molecule has 5 heteroatoms. The van der Waals surface area contributed by atoms with Crippen LogP contribution in [0.2, 0.25) is 5.02 Å². The Balaban J connectivity index is 1.64. The predicted octanol–water partition coefficient (Wildman–Crippen LogP) is 3.82. The SMILES string of the molecule is O=C(Cc1c[nH]c2cc(Cl)ccc12)NCc1ccc(F)cc1. The molecule has 0 radical (unpaired) electrons. The van der Waals surface area contributed by atoms with E-state index in [1.807, 2.05) is 18.3 Å². The maximum absolute atomic E-state index is 12.8. The molecule has 0 aliphatic rings. The van der Waals surface area contributed by atoms with Crippen molar-refractivity contribution in [2.24, 2.45) is 0 Å². The number of fused-ring (bicyclic) bond motifs is 1. The van der Waals surface area contributed by atoms with Crippen molar-refractivity contribution >= 4 is 28.4 Å².